The van der Waals surface area contributed by atoms with Crippen molar-refractivity contribution in [1.29, 1.82) is 0 Å². The summed E-state index contributed by atoms with van der Waals surface area (Å²) < 4.78 is 12.0. The van der Waals surface area contributed by atoms with E-state index in [2.05, 4.69) is 15.5 Å². The molecule has 0 aliphatic rings. The summed E-state index contributed by atoms with van der Waals surface area (Å²) in [5, 5.41) is 9.90. The molecule has 1 aromatic heterocycles. The Kier molecular flexibility index (Phi) is 4.97. The van der Waals surface area contributed by atoms with E-state index in [0.29, 0.717) is 24.5 Å². The Labute approximate surface area is 120 Å². The quantitative estimate of drug-likeness (QED) is 0.494. The van der Waals surface area contributed by atoms with E-state index in [4.69, 9.17) is 21.7 Å². The molecule has 106 valence electrons. The first kappa shape index (κ1) is 14.4. The van der Waals surface area contributed by atoms with Crippen molar-refractivity contribution in [3.05, 3.63) is 34.6 Å². The Hall–Kier alpha value is -2.06. The first-order valence-electron chi connectivity index (χ1n) is 6.07. The van der Waals surface area contributed by atoms with E-state index in [-0.39, 0.29) is 11.4 Å². The second-order valence-electron chi connectivity index (χ2n) is 3.80. The van der Waals surface area contributed by atoms with Crippen LogP contribution in [-0.2, 0) is 9.47 Å². The van der Waals surface area contributed by atoms with Gasteiger partial charge in [-0.05, 0) is 37.3 Å². The molecule has 0 atom stereocenters. The predicted octanol–water partition coefficient (Wildman–Crippen LogP) is 1.52. The van der Waals surface area contributed by atoms with Crippen LogP contribution in [0, 0.1) is 4.77 Å². The largest absolute Gasteiger partial charge is 0.460 e. The summed E-state index contributed by atoms with van der Waals surface area (Å²) >= 11 is 5.00. The number of carbonyl (C=O) groups excluding carboxylic acids is 1. The van der Waals surface area contributed by atoms with E-state index in [9.17, 15) is 4.79 Å². The lowest BCUT2D eigenvalue weighted by molar-refractivity contribution is 0.0335. The molecule has 0 amide bonds. The maximum Gasteiger partial charge on any atom is 0.338 e. The average molecular weight is 294 g/mol. The number of rotatable bonds is 6. The first-order valence-corrected chi connectivity index (χ1v) is 6.48. The summed E-state index contributed by atoms with van der Waals surface area (Å²) in [7, 11) is 0. The van der Waals surface area contributed by atoms with E-state index in [1.165, 1.54) is 4.68 Å². The normalized spacial score (nSPS) is 10.4. The summed E-state index contributed by atoms with van der Waals surface area (Å²) in [6.45, 7) is 3.09. The summed E-state index contributed by atoms with van der Waals surface area (Å²) in [4.78, 5) is 11.9. The molecule has 0 aliphatic carbocycles. The molecule has 0 bridgehead atoms. The molecule has 0 fully saturated rings. The van der Waals surface area contributed by atoms with E-state index in [1.54, 1.807) is 24.3 Å². The second-order valence-corrected chi connectivity index (χ2v) is 4.17. The number of esters is 1. The van der Waals surface area contributed by atoms with Crippen LogP contribution < -0.4 is 0 Å². The van der Waals surface area contributed by atoms with Gasteiger partial charge in [-0.3, -0.25) is 0 Å². The minimum absolute atomic E-state index is 0.224. The van der Waals surface area contributed by atoms with Gasteiger partial charge in [0.15, 0.2) is 0 Å². The van der Waals surface area contributed by atoms with Gasteiger partial charge < -0.3 is 9.47 Å². The van der Waals surface area contributed by atoms with Crippen molar-refractivity contribution in [1.82, 2.24) is 20.2 Å². The molecule has 2 aromatic rings. The lowest BCUT2D eigenvalue weighted by Crippen LogP contribution is -2.11. The molecule has 0 saturated carbocycles. The number of ether oxygens (including phenoxy) is 2. The Morgan fingerprint density at radius 2 is 2.30 bits per heavy atom. The van der Waals surface area contributed by atoms with Gasteiger partial charge in [-0.2, -0.15) is 5.21 Å². The lowest BCUT2D eigenvalue weighted by atomic mass is 10.2. The van der Waals surface area contributed by atoms with Gasteiger partial charge in [0.1, 0.15) is 6.61 Å². The number of benzene rings is 1. The van der Waals surface area contributed by atoms with Gasteiger partial charge in [-0.25, -0.2) is 9.48 Å². The molecule has 2 rings (SSSR count). The van der Waals surface area contributed by atoms with Crippen molar-refractivity contribution < 1.29 is 14.3 Å². The smallest absolute Gasteiger partial charge is 0.338 e. The highest BCUT2D eigenvalue weighted by Crippen LogP contribution is 2.10. The summed E-state index contributed by atoms with van der Waals surface area (Å²) in [5.74, 6) is -0.412. The maximum atomic E-state index is 11.9. The zero-order chi connectivity index (χ0) is 14.4. The van der Waals surface area contributed by atoms with Gasteiger partial charge in [0.25, 0.3) is 0 Å². The number of hydrogen-bond acceptors (Lipinski definition) is 6. The zero-order valence-corrected chi connectivity index (χ0v) is 11.7. The Balaban J connectivity index is 2.08. The Morgan fingerprint density at radius 3 is 3.00 bits per heavy atom. The maximum absolute atomic E-state index is 11.9. The second kappa shape index (κ2) is 6.92. The zero-order valence-electron chi connectivity index (χ0n) is 10.9. The predicted molar refractivity (Wildman–Crippen MR) is 73.3 cm³/mol. The molecule has 0 unspecified atom stereocenters. The van der Waals surface area contributed by atoms with Crippen molar-refractivity contribution in [2.45, 2.75) is 6.92 Å². The number of hydrogen-bond donors (Lipinski definition) is 1. The SMILES string of the molecule is CCOCCOC(=O)c1cccc(-n2[nH]nnc2=S)c1. The minimum Gasteiger partial charge on any atom is -0.460 e. The molecule has 8 heteroatoms. The third-order valence-corrected chi connectivity index (χ3v) is 2.74. The van der Waals surface area contributed by atoms with Crippen LogP contribution in [0.3, 0.4) is 0 Å². The topological polar surface area (TPSA) is 82.0 Å². The standard InChI is InChI=1S/C12H14N4O3S/c1-2-18-6-7-19-11(17)9-4-3-5-10(8-9)16-12(20)13-14-15-16/h3-5,8H,2,6-7H2,1H3,(H,13,15,20). The van der Waals surface area contributed by atoms with Crippen LogP contribution in [0.15, 0.2) is 24.3 Å². The molecular weight excluding hydrogens is 280 g/mol. The van der Waals surface area contributed by atoms with Crippen LogP contribution in [0.2, 0.25) is 0 Å². The first-order chi connectivity index (χ1) is 9.72. The lowest BCUT2D eigenvalue weighted by Gasteiger charge is -2.06. The number of aromatic amines is 1. The minimum atomic E-state index is -0.412. The number of H-pyrrole nitrogens is 1. The molecule has 0 spiro atoms. The van der Waals surface area contributed by atoms with Crippen molar-refractivity contribution in [3.63, 3.8) is 0 Å². The number of nitrogens with zero attached hydrogens (tertiary/aromatic N) is 3. The van der Waals surface area contributed by atoms with E-state index in [1.807, 2.05) is 6.92 Å². The molecule has 0 saturated heterocycles. The molecule has 0 radical (unpaired) electrons. The molecule has 1 heterocycles. The number of nitrogens with one attached hydrogen (secondary N) is 1. The van der Waals surface area contributed by atoms with Gasteiger partial charge >= 0.3 is 5.97 Å². The third-order valence-electron chi connectivity index (χ3n) is 2.48. The average Bonchev–Trinajstić information content (AvgIpc) is 2.90. The molecule has 1 aromatic carbocycles. The Morgan fingerprint density at radius 1 is 1.45 bits per heavy atom. The van der Waals surface area contributed by atoms with Crippen LogP contribution in [0.4, 0.5) is 0 Å². The van der Waals surface area contributed by atoms with E-state index >= 15 is 0 Å². The fraction of sp³-hybridized carbons (Fsp3) is 0.333. The van der Waals surface area contributed by atoms with Crippen LogP contribution in [-0.4, -0.2) is 46.0 Å². The van der Waals surface area contributed by atoms with Gasteiger partial charge in [0.2, 0.25) is 4.77 Å². The molecule has 1 N–H and O–H groups in total. The van der Waals surface area contributed by atoms with Gasteiger partial charge in [0, 0.05) is 6.61 Å². The van der Waals surface area contributed by atoms with Crippen LogP contribution in [0.1, 0.15) is 17.3 Å². The van der Waals surface area contributed by atoms with Crippen molar-refractivity contribution in [3.8, 4) is 5.69 Å². The van der Waals surface area contributed by atoms with Gasteiger partial charge in [-0.1, -0.05) is 16.4 Å². The van der Waals surface area contributed by atoms with Crippen LogP contribution in [0.25, 0.3) is 5.69 Å². The van der Waals surface area contributed by atoms with Crippen molar-refractivity contribution in [2.75, 3.05) is 19.8 Å². The fourth-order valence-corrected chi connectivity index (χ4v) is 1.75. The highest BCUT2D eigenvalue weighted by Gasteiger charge is 2.09. The number of tetrazole rings is 1. The highest BCUT2D eigenvalue weighted by atomic mass is 32.1. The van der Waals surface area contributed by atoms with E-state index < -0.39 is 5.97 Å². The van der Waals surface area contributed by atoms with Crippen LogP contribution >= 0.6 is 12.2 Å². The molecule has 20 heavy (non-hydrogen) atoms. The molecule has 0 aliphatic heterocycles. The highest BCUT2D eigenvalue weighted by molar-refractivity contribution is 7.71. The van der Waals surface area contributed by atoms with Crippen molar-refractivity contribution in [2.24, 2.45) is 0 Å². The number of aromatic nitrogens is 4. The Bertz CT molecular complexity index is 637. The summed E-state index contributed by atoms with van der Waals surface area (Å²) in [6, 6.07) is 6.84. The van der Waals surface area contributed by atoms with Crippen molar-refractivity contribution >= 4 is 18.2 Å². The van der Waals surface area contributed by atoms with E-state index in [0.717, 1.165) is 0 Å². The third kappa shape index (κ3) is 3.49. The number of carbonyl (C=O) groups is 1. The van der Waals surface area contributed by atoms with Gasteiger partial charge in [0.05, 0.1) is 17.9 Å². The molecular formula is C12H14N4O3S. The summed E-state index contributed by atoms with van der Waals surface area (Å²) in [5.41, 5.74) is 1.09. The molecule has 7 nitrogen and oxygen atoms in total. The fourth-order valence-electron chi connectivity index (χ4n) is 1.56. The van der Waals surface area contributed by atoms with Gasteiger partial charge in [-0.15, -0.1) is 0 Å². The summed E-state index contributed by atoms with van der Waals surface area (Å²) in [6.07, 6.45) is 0. The monoisotopic (exact) mass is 294 g/mol. The van der Waals surface area contributed by atoms with Crippen LogP contribution in [0.5, 0.6) is 0 Å².